The molecule has 0 spiro atoms. The lowest BCUT2D eigenvalue weighted by atomic mass is 9.81. The second kappa shape index (κ2) is 4.20. The normalized spacial score (nSPS) is 19.8. The summed E-state index contributed by atoms with van der Waals surface area (Å²) in [6.07, 6.45) is -1.84. The number of fused-ring (bicyclic) bond motifs is 3. The van der Waals surface area contributed by atoms with Crippen molar-refractivity contribution in [1.29, 1.82) is 0 Å². The van der Waals surface area contributed by atoms with Crippen molar-refractivity contribution in [3.05, 3.63) is 65.7 Å². The van der Waals surface area contributed by atoms with Crippen LogP contribution in [0.25, 0.3) is 43.8 Å². The topological polar surface area (TPSA) is 60.7 Å². The maximum atomic E-state index is 10.7. The molecule has 0 radical (unpaired) electrons. The zero-order valence-corrected chi connectivity index (χ0v) is 13.2. The minimum absolute atomic E-state index is 0.247. The molecule has 120 valence electrons. The molecule has 3 N–H and O–H groups in total. The van der Waals surface area contributed by atoms with E-state index in [0.29, 0.717) is 0 Å². The molecule has 0 heterocycles. The molecule has 4 aromatic rings. The Morgan fingerprint density at radius 2 is 1.36 bits per heavy atom. The van der Waals surface area contributed by atoms with Gasteiger partial charge in [-0.15, -0.1) is 0 Å². The fourth-order valence-corrected chi connectivity index (χ4v) is 4.65. The highest BCUT2D eigenvalue weighted by molar-refractivity contribution is 6.25. The lowest BCUT2D eigenvalue weighted by molar-refractivity contribution is 0.0178. The van der Waals surface area contributed by atoms with Gasteiger partial charge in [-0.2, -0.15) is 0 Å². The molecule has 0 saturated carbocycles. The molecule has 6 rings (SSSR count). The Labute approximate surface area is 143 Å². The Kier molecular flexibility index (Phi) is 2.25. The Balaban J connectivity index is 1.93. The van der Waals surface area contributed by atoms with Crippen molar-refractivity contribution in [3.8, 4) is 28.0 Å². The third-order valence-electron chi connectivity index (χ3n) is 5.71. The van der Waals surface area contributed by atoms with Crippen LogP contribution < -0.4 is 0 Å². The molecule has 0 aromatic heterocycles. The minimum atomic E-state index is -0.931. The first kappa shape index (κ1) is 13.4. The quantitative estimate of drug-likeness (QED) is 0.369. The van der Waals surface area contributed by atoms with Crippen LogP contribution in [-0.4, -0.2) is 15.3 Å². The highest BCUT2D eigenvalue weighted by Gasteiger charge is 2.33. The summed E-state index contributed by atoms with van der Waals surface area (Å²) in [5.74, 6) is 0.247. The van der Waals surface area contributed by atoms with E-state index in [0.717, 1.165) is 54.9 Å². The van der Waals surface area contributed by atoms with Gasteiger partial charge >= 0.3 is 0 Å². The van der Waals surface area contributed by atoms with Crippen LogP contribution in [0.2, 0.25) is 0 Å². The van der Waals surface area contributed by atoms with Crippen LogP contribution in [0.1, 0.15) is 23.3 Å². The number of aliphatic hydroxyl groups is 2. The molecule has 0 bridgehead atoms. The lowest BCUT2D eigenvalue weighted by Crippen LogP contribution is -2.15. The van der Waals surface area contributed by atoms with Crippen LogP contribution in [0.15, 0.2) is 54.6 Å². The number of hydrogen-bond acceptors (Lipinski definition) is 3. The van der Waals surface area contributed by atoms with Crippen molar-refractivity contribution in [2.24, 2.45) is 0 Å². The summed E-state index contributed by atoms with van der Waals surface area (Å²) in [6, 6.07) is 17.4. The van der Waals surface area contributed by atoms with Gasteiger partial charge in [0.25, 0.3) is 0 Å². The first-order valence-corrected chi connectivity index (χ1v) is 8.37. The summed E-state index contributed by atoms with van der Waals surface area (Å²) < 4.78 is 0. The van der Waals surface area contributed by atoms with Gasteiger partial charge in [0.15, 0.2) is 0 Å². The number of hydrogen-bond donors (Lipinski definition) is 3. The van der Waals surface area contributed by atoms with E-state index >= 15 is 0 Å². The summed E-state index contributed by atoms with van der Waals surface area (Å²) in [5.41, 5.74) is 5.85. The van der Waals surface area contributed by atoms with Gasteiger partial charge in [0.05, 0.1) is 0 Å². The number of phenols is 1. The van der Waals surface area contributed by atoms with Crippen LogP contribution in [0.5, 0.6) is 5.75 Å². The summed E-state index contributed by atoms with van der Waals surface area (Å²) in [6.45, 7) is 0. The van der Waals surface area contributed by atoms with Crippen molar-refractivity contribution in [2.75, 3.05) is 0 Å². The van der Waals surface area contributed by atoms with Crippen LogP contribution in [0.3, 0.4) is 0 Å². The first-order valence-electron chi connectivity index (χ1n) is 8.37. The molecule has 0 amide bonds. The standard InChI is InChI=1S/C22H14O3/c23-11-4-5-12-13-6-7-15-20-18-10(8-17(19(13)20)16(12)9-11)2-1-3-14(18)21(24)22(15)25/h1-9,21-25H/t21-,22-/m1/s1. The molecule has 2 aliphatic rings. The van der Waals surface area contributed by atoms with E-state index in [9.17, 15) is 15.3 Å². The van der Waals surface area contributed by atoms with Crippen molar-refractivity contribution in [1.82, 2.24) is 0 Å². The number of phenolic OH excluding ortho intramolecular Hbond substituents is 1. The lowest BCUT2D eigenvalue weighted by Gasteiger charge is -2.28. The van der Waals surface area contributed by atoms with Crippen molar-refractivity contribution >= 4 is 21.5 Å². The number of rotatable bonds is 0. The fourth-order valence-electron chi connectivity index (χ4n) is 4.65. The zero-order chi connectivity index (χ0) is 16.9. The highest BCUT2D eigenvalue weighted by atomic mass is 16.3. The predicted molar refractivity (Wildman–Crippen MR) is 97.5 cm³/mol. The van der Waals surface area contributed by atoms with E-state index < -0.39 is 12.2 Å². The predicted octanol–water partition coefficient (Wildman–Crippen LogP) is 4.43. The molecular weight excluding hydrogens is 312 g/mol. The number of aromatic hydroxyl groups is 1. The smallest absolute Gasteiger partial charge is 0.116 e. The molecule has 2 aliphatic carbocycles. The summed E-state index contributed by atoms with van der Waals surface area (Å²) >= 11 is 0. The van der Waals surface area contributed by atoms with Gasteiger partial charge in [0.2, 0.25) is 0 Å². The summed E-state index contributed by atoms with van der Waals surface area (Å²) in [7, 11) is 0. The van der Waals surface area contributed by atoms with Crippen molar-refractivity contribution in [3.63, 3.8) is 0 Å². The van der Waals surface area contributed by atoms with Gasteiger partial charge in [-0.05, 0) is 73.1 Å². The third kappa shape index (κ3) is 1.44. The Morgan fingerprint density at radius 1 is 0.600 bits per heavy atom. The van der Waals surface area contributed by atoms with Gasteiger partial charge in [-0.3, -0.25) is 0 Å². The molecule has 25 heavy (non-hydrogen) atoms. The SMILES string of the molecule is Oc1ccc2c(c1)-c1cc3cccc4c3c3c(ccc-2c13)[C@@H](O)[C@@H]4O. The largest absolute Gasteiger partial charge is 0.508 e. The average molecular weight is 326 g/mol. The zero-order valence-electron chi connectivity index (χ0n) is 13.2. The van der Waals surface area contributed by atoms with E-state index in [4.69, 9.17) is 0 Å². The van der Waals surface area contributed by atoms with Crippen LogP contribution in [-0.2, 0) is 0 Å². The van der Waals surface area contributed by atoms with Gasteiger partial charge in [-0.1, -0.05) is 36.4 Å². The third-order valence-corrected chi connectivity index (χ3v) is 5.71. The molecule has 0 unspecified atom stereocenters. The van der Waals surface area contributed by atoms with E-state index in [1.165, 1.54) is 0 Å². The van der Waals surface area contributed by atoms with Gasteiger partial charge in [-0.25, -0.2) is 0 Å². The van der Waals surface area contributed by atoms with Crippen molar-refractivity contribution < 1.29 is 15.3 Å². The number of aliphatic hydroxyl groups excluding tert-OH is 2. The van der Waals surface area contributed by atoms with Crippen molar-refractivity contribution in [2.45, 2.75) is 12.2 Å². The monoisotopic (exact) mass is 326 g/mol. The van der Waals surface area contributed by atoms with Crippen LogP contribution in [0.4, 0.5) is 0 Å². The Bertz CT molecular complexity index is 1240. The van der Waals surface area contributed by atoms with E-state index in [1.807, 2.05) is 36.4 Å². The molecule has 0 fully saturated rings. The van der Waals surface area contributed by atoms with Gasteiger partial charge in [0, 0.05) is 0 Å². The fraction of sp³-hybridized carbons (Fsp3) is 0.0909. The Hall–Kier alpha value is -2.88. The number of benzene rings is 4. The molecular formula is C22H14O3. The Morgan fingerprint density at radius 3 is 2.20 bits per heavy atom. The van der Waals surface area contributed by atoms with Crippen LogP contribution in [0, 0.1) is 0 Å². The summed E-state index contributed by atoms with van der Waals surface area (Å²) in [5, 5.41) is 35.4. The molecule has 3 nitrogen and oxygen atoms in total. The second-order valence-electron chi connectivity index (χ2n) is 6.94. The molecule has 2 atom stereocenters. The first-order chi connectivity index (χ1) is 12.1. The van der Waals surface area contributed by atoms with E-state index in [2.05, 4.69) is 6.07 Å². The van der Waals surface area contributed by atoms with Gasteiger partial charge < -0.3 is 15.3 Å². The van der Waals surface area contributed by atoms with Crippen LogP contribution >= 0.6 is 0 Å². The average Bonchev–Trinajstić information content (AvgIpc) is 2.93. The molecule has 0 saturated heterocycles. The maximum Gasteiger partial charge on any atom is 0.116 e. The van der Waals surface area contributed by atoms with Gasteiger partial charge in [0.1, 0.15) is 18.0 Å². The molecule has 0 aliphatic heterocycles. The summed E-state index contributed by atoms with van der Waals surface area (Å²) in [4.78, 5) is 0. The maximum absolute atomic E-state index is 10.7. The van der Waals surface area contributed by atoms with E-state index in [1.54, 1.807) is 12.1 Å². The van der Waals surface area contributed by atoms with E-state index in [-0.39, 0.29) is 5.75 Å². The minimum Gasteiger partial charge on any atom is -0.508 e. The molecule has 3 heteroatoms. The highest BCUT2D eigenvalue weighted by Crippen LogP contribution is 2.54. The molecule has 4 aromatic carbocycles. The second-order valence-corrected chi connectivity index (χ2v) is 6.94.